The average Bonchev–Trinajstić information content (AvgIpc) is 3.50. The highest BCUT2D eigenvalue weighted by Crippen LogP contribution is 2.64. The van der Waals surface area contributed by atoms with E-state index in [0.29, 0.717) is 19.3 Å². The molecule has 1 N–H and O–H groups in total. The molecule has 1 aromatic carbocycles. The maximum absolute atomic E-state index is 14.5. The molecule has 3 heterocycles. The smallest absolute Gasteiger partial charge is 0.313 e. The van der Waals surface area contributed by atoms with Crippen molar-refractivity contribution in [2.75, 3.05) is 24.7 Å². The molecule has 200 valence electrons. The molecule has 8 nitrogen and oxygen atoms in total. The van der Waals surface area contributed by atoms with Gasteiger partial charge in [-0.05, 0) is 57.2 Å². The van der Waals surface area contributed by atoms with Gasteiger partial charge in [0, 0.05) is 12.2 Å². The molecule has 3 aliphatic rings. The van der Waals surface area contributed by atoms with Crippen LogP contribution >= 0.6 is 0 Å². The number of benzene rings is 1. The summed E-state index contributed by atoms with van der Waals surface area (Å²) in [4.78, 5) is 45.0. The van der Waals surface area contributed by atoms with Gasteiger partial charge in [0.05, 0.1) is 24.2 Å². The van der Waals surface area contributed by atoms with Gasteiger partial charge in [0.25, 0.3) is 5.91 Å². The van der Waals surface area contributed by atoms with Crippen molar-refractivity contribution < 1.29 is 29.0 Å². The van der Waals surface area contributed by atoms with Gasteiger partial charge in [-0.1, -0.05) is 37.8 Å². The topological polar surface area (TPSA) is 96.4 Å². The van der Waals surface area contributed by atoms with Gasteiger partial charge in [0.1, 0.15) is 24.2 Å². The first-order valence-electron chi connectivity index (χ1n) is 13.0. The van der Waals surface area contributed by atoms with Gasteiger partial charge < -0.3 is 24.4 Å². The Morgan fingerprint density at radius 3 is 2.65 bits per heavy atom. The number of likely N-dealkylation sites (tertiary alicyclic amines) is 1. The number of fused-ring (bicyclic) bond motifs is 1. The van der Waals surface area contributed by atoms with E-state index in [-0.39, 0.29) is 31.6 Å². The largest absolute Gasteiger partial charge is 0.461 e. The number of hydrogen-bond donors (Lipinski definition) is 1. The van der Waals surface area contributed by atoms with Gasteiger partial charge in [-0.3, -0.25) is 14.4 Å². The molecule has 2 amide bonds. The van der Waals surface area contributed by atoms with Crippen LogP contribution in [0.5, 0.6) is 0 Å². The first-order chi connectivity index (χ1) is 17.6. The lowest BCUT2D eigenvalue weighted by Gasteiger charge is -2.39. The van der Waals surface area contributed by atoms with E-state index < -0.39 is 41.1 Å². The summed E-state index contributed by atoms with van der Waals surface area (Å²) in [6, 6.07) is 4.24. The van der Waals surface area contributed by atoms with E-state index in [0.717, 1.165) is 16.8 Å². The van der Waals surface area contributed by atoms with E-state index in [9.17, 15) is 19.5 Å². The molecule has 0 saturated carbocycles. The number of aliphatic hydroxyl groups excluding tert-OH is 1. The predicted molar refractivity (Wildman–Crippen MR) is 140 cm³/mol. The van der Waals surface area contributed by atoms with E-state index >= 15 is 0 Å². The van der Waals surface area contributed by atoms with Crippen molar-refractivity contribution in [3.8, 4) is 0 Å². The minimum Gasteiger partial charge on any atom is -0.461 e. The maximum Gasteiger partial charge on any atom is 0.313 e. The Kier molecular flexibility index (Phi) is 7.36. The van der Waals surface area contributed by atoms with Gasteiger partial charge >= 0.3 is 5.97 Å². The van der Waals surface area contributed by atoms with Crippen LogP contribution in [0.2, 0.25) is 0 Å². The SMILES string of the molecule is C=CCOC(=O)[C@H]1[C@H]2C(=O)N([C@H](C)CO)C(C(=O)N(CC=C)c3cc(C)ccc3C)C23CC[C@]1(CC)O3. The Labute approximate surface area is 218 Å². The number of aliphatic hydroxyl groups is 1. The summed E-state index contributed by atoms with van der Waals surface area (Å²) in [5.41, 5.74) is 0.563. The van der Waals surface area contributed by atoms with E-state index in [1.807, 2.05) is 39.0 Å². The van der Waals surface area contributed by atoms with Crippen LogP contribution in [0.1, 0.15) is 44.2 Å². The Morgan fingerprint density at radius 1 is 1.30 bits per heavy atom. The van der Waals surface area contributed by atoms with Crippen molar-refractivity contribution in [1.82, 2.24) is 4.90 Å². The lowest BCUT2D eigenvalue weighted by Crippen LogP contribution is -2.58. The Balaban J connectivity index is 1.85. The number of aryl methyl sites for hydroxylation is 2. The monoisotopic (exact) mass is 510 g/mol. The van der Waals surface area contributed by atoms with Gasteiger partial charge in [0.2, 0.25) is 5.91 Å². The average molecular weight is 511 g/mol. The summed E-state index contributed by atoms with van der Waals surface area (Å²) in [6.07, 6.45) is 4.65. The van der Waals surface area contributed by atoms with Crippen LogP contribution in [0.25, 0.3) is 0 Å². The predicted octanol–water partition coefficient (Wildman–Crippen LogP) is 3.09. The fourth-order valence-electron chi connectivity index (χ4n) is 6.68. The molecule has 3 saturated heterocycles. The Morgan fingerprint density at radius 2 is 2.03 bits per heavy atom. The van der Waals surface area contributed by atoms with E-state index in [1.54, 1.807) is 17.9 Å². The molecule has 6 atom stereocenters. The highest BCUT2D eigenvalue weighted by atomic mass is 16.6. The van der Waals surface area contributed by atoms with Crippen LogP contribution in [0, 0.1) is 25.7 Å². The molecule has 0 aromatic heterocycles. The summed E-state index contributed by atoms with van der Waals surface area (Å²) >= 11 is 0. The second-order valence-electron chi connectivity index (χ2n) is 10.6. The van der Waals surface area contributed by atoms with Gasteiger partial charge in [-0.15, -0.1) is 6.58 Å². The van der Waals surface area contributed by atoms with E-state index in [4.69, 9.17) is 9.47 Å². The molecular weight excluding hydrogens is 472 g/mol. The second kappa shape index (κ2) is 10.1. The van der Waals surface area contributed by atoms with Gasteiger partial charge in [-0.2, -0.15) is 0 Å². The zero-order valence-electron chi connectivity index (χ0n) is 22.2. The molecule has 4 rings (SSSR count). The molecule has 8 heteroatoms. The lowest BCUT2D eigenvalue weighted by atomic mass is 9.65. The third-order valence-electron chi connectivity index (χ3n) is 8.42. The van der Waals surface area contributed by atoms with Crippen LogP contribution in [0.15, 0.2) is 43.5 Å². The number of rotatable bonds is 10. The molecule has 0 aliphatic carbocycles. The molecule has 1 spiro atoms. The molecule has 0 radical (unpaired) electrons. The first kappa shape index (κ1) is 27.1. The fraction of sp³-hybridized carbons (Fsp3) is 0.552. The van der Waals surface area contributed by atoms with Gasteiger partial charge in [-0.25, -0.2) is 0 Å². The first-order valence-corrected chi connectivity index (χ1v) is 13.0. The minimum absolute atomic E-state index is 0.0297. The van der Waals surface area contributed by atoms with Crippen LogP contribution in [0.3, 0.4) is 0 Å². The van der Waals surface area contributed by atoms with Crippen molar-refractivity contribution in [1.29, 1.82) is 0 Å². The van der Waals surface area contributed by atoms with Crippen molar-refractivity contribution in [3.63, 3.8) is 0 Å². The summed E-state index contributed by atoms with van der Waals surface area (Å²) in [6.45, 7) is 14.9. The molecular formula is C29H38N2O6. The zero-order chi connectivity index (χ0) is 27.1. The molecule has 37 heavy (non-hydrogen) atoms. The number of ether oxygens (including phenoxy) is 2. The summed E-state index contributed by atoms with van der Waals surface area (Å²) in [5, 5.41) is 10.1. The van der Waals surface area contributed by atoms with Crippen LogP contribution < -0.4 is 4.90 Å². The number of carbonyl (C=O) groups is 3. The molecule has 1 aromatic rings. The number of nitrogens with zero attached hydrogens (tertiary/aromatic N) is 2. The number of esters is 1. The molecule has 2 bridgehead atoms. The van der Waals surface area contributed by atoms with Crippen molar-refractivity contribution in [3.05, 3.63) is 54.6 Å². The third-order valence-corrected chi connectivity index (χ3v) is 8.42. The highest BCUT2D eigenvalue weighted by molar-refractivity contribution is 6.05. The van der Waals surface area contributed by atoms with Crippen LogP contribution in [-0.4, -0.2) is 70.8 Å². The number of amides is 2. The van der Waals surface area contributed by atoms with E-state index in [2.05, 4.69) is 13.2 Å². The normalized spacial score (nSPS) is 30.7. The Bertz CT molecular complexity index is 1120. The zero-order valence-corrected chi connectivity index (χ0v) is 22.2. The Hall–Kier alpha value is -2.97. The van der Waals surface area contributed by atoms with Crippen LogP contribution in [-0.2, 0) is 23.9 Å². The number of anilines is 1. The fourth-order valence-corrected chi connectivity index (χ4v) is 6.68. The van der Waals surface area contributed by atoms with Crippen molar-refractivity contribution >= 4 is 23.5 Å². The summed E-state index contributed by atoms with van der Waals surface area (Å²) in [5.74, 6) is -2.88. The van der Waals surface area contributed by atoms with Crippen molar-refractivity contribution in [2.45, 2.75) is 70.2 Å². The van der Waals surface area contributed by atoms with E-state index in [1.165, 1.54) is 11.0 Å². The number of hydrogen-bond acceptors (Lipinski definition) is 6. The molecule has 3 aliphatic heterocycles. The highest BCUT2D eigenvalue weighted by Gasteiger charge is 2.79. The number of carbonyl (C=O) groups excluding carboxylic acids is 3. The minimum atomic E-state index is -1.19. The quantitative estimate of drug-likeness (QED) is 0.384. The summed E-state index contributed by atoms with van der Waals surface area (Å²) < 4.78 is 12.2. The van der Waals surface area contributed by atoms with Crippen molar-refractivity contribution in [2.24, 2.45) is 11.8 Å². The molecule has 3 fully saturated rings. The van der Waals surface area contributed by atoms with Gasteiger partial charge in [0.15, 0.2) is 0 Å². The third kappa shape index (κ3) is 4.01. The standard InChI is InChI=1S/C29H38N2O6/c1-7-14-30(21-16-18(4)10-11-19(21)5)26(34)24-29-13-12-28(9-3,37-29)23(27(35)36-15-8-2)22(29)25(33)31(24)20(6)17-32/h7-8,10-11,16,20,22-24,32H,1-2,9,12-15,17H2,3-6H3/t20-,22+,23-,24?,28+,29?/m1/s1. The summed E-state index contributed by atoms with van der Waals surface area (Å²) in [7, 11) is 0. The lowest BCUT2D eigenvalue weighted by molar-refractivity contribution is -0.161. The second-order valence-corrected chi connectivity index (χ2v) is 10.6. The maximum atomic E-state index is 14.5. The van der Waals surface area contributed by atoms with Crippen LogP contribution in [0.4, 0.5) is 5.69 Å². The molecule has 2 unspecified atom stereocenters.